The molecular formula is C28H29Cl4N3O4S. The first-order valence-corrected chi connectivity index (χ1v) is 15.5. The van der Waals surface area contributed by atoms with Crippen LogP contribution in [0.25, 0.3) is 0 Å². The third-order valence-corrected chi connectivity index (χ3v) is 8.98. The molecule has 2 amide bonds. The zero-order chi connectivity index (χ0) is 29.4. The molecule has 3 aromatic carbocycles. The third-order valence-electron chi connectivity index (χ3n) is 6.02. The summed E-state index contributed by atoms with van der Waals surface area (Å²) >= 11 is 24.7. The number of anilines is 1. The van der Waals surface area contributed by atoms with Crippen molar-refractivity contribution < 1.29 is 18.0 Å². The number of benzene rings is 3. The van der Waals surface area contributed by atoms with Gasteiger partial charge >= 0.3 is 0 Å². The van der Waals surface area contributed by atoms with E-state index in [1.165, 1.54) is 35.2 Å². The molecule has 0 radical (unpaired) electrons. The Morgan fingerprint density at radius 1 is 0.875 bits per heavy atom. The molecule has 0 spiro atoms. The van der Waals surface area contributed by atoms with Crippen molar-refractivity contribution in [2.45, 2.75) is 44.2 Å². The molecule has 0 saturated heterocycles. The monoisotopic (exact) mass is 643 g/mol. The minimum Gasteiger partial charge on any atom is -0.354 e. The number of rotatable bonds is 12. The van der Waals surface area contributed by atoms with Crippen molar-refractivity contribution in [3.63, 3.8) is 0 Å². The number of carbonyl (C=O) groups is 2. The van der Waals surface area contributed by atoms with Crippen molar-refractivity contribution in [2.24, 2.45) is 0 Å². The van der Waals surface area contributed by atoms with Gasteiger partial charge in [0.2, 0.25) is 11.8 Å². The summed E-state index contributed by atoms with van der Waals surface area (Å²) in [5.74, 6) is -0.957. The number of sulfonamides is 1. The van der Waals surface area contributed by atoms with E-state index in [4.69, 9.17) is 46.4 Å². The zero-order valence-corrected chi connectivity index (χ0v) is 25.8. The summed E-state index contributed by atoms with van der Waals surface area (Å²) in [5.41, 5.74) is 0.723. The molecule has 1 atom stereocenters. The van der Waals surface area contributed by atoms with Gasteiger partial charge in [-0.25, -0.2) is 8.42 Å². The van der Waals surface area contributed by atoms with E-state index < -0.39 is 28.5 Å². The van der Waals surface area contributed by atoms with Gasteiger partial charge in [-0.3, -0.25) is 13.9 Å². The number of amides is 2. The standard InChI is InChI=1S/C28H29Cl4N3O4S/c1-3-12-33-28(37)26(4-2)34(17-19-10-11-24(31)25(32)13-19)27(36)18-35(22-15-20(29)14-21(30)16-22)40(38,39)23-8-6-5-7-9-23/h5-11,13-16,26H,3-4,12,17-18H2,1-2H3,(H,33,37)/t26-/m0/s1. The Morgan fingerprint density at radius 3 is 2.10 bits per heavy atom. The highest BCUT2D eigenvalue weighted by Gasteiger charge is 2.34. The molecule has 3 aromatic rings. The fourth-order valence-corrected chi connectivity index (χ4v) is 6.31. The van der Waals surface area contributed by atoms with Crippen LogP contribution in [0.2, 0.25) is 20.1 Å². The predicted molar refractivity (Wildman–Crippen MR) is 162 cm³/mol. The highest BCUT2D eigenvalue weighted by atomic mass is 35.5. The lowest BCUT2D eigenvalue weighted by atomic mass is 10.1. The summed E-state index contributed by atoms with van der Waals surface area (Å²) in [6.07, 6.45) is 0.999. The summed E-state index contributed by atoms with van der Waals surface area (Å²) in [6, 6.07) is 16.0. The first-order chi connectivity index (χ1) is 19.0. The Kier molecular flexibility index (Phi) is 11.5. The van der Waals surface area contributed by atoms with Crippen LogP contribution in [0.15, 0.2) is 71.6 Å². The molecule has 7 nitrogen and oxygen atoms in total. The molecule has 0 aliphatic rings. The van der Waals surface area contributed by atoms with E-state index in [0.29, 0.717) is 23.6 Å². The SMILES string of the molecule is CCCNC(=O)[C@H](CC)N(Cc1ccc(Cl)c(Cl)c1)C(=O)CN(c1cc(Cl)cc(Cl)c1)S(=O)(=O)c1ccccc1. The molecule has 1 N–H and O–H groups in total. The lowest BCUT2D eigenvalue weighted by molar-refractivity contribution is -0.140. The summed E-state index contributed by atoms with van der Waals surface area (Å²) < 4.78 is 28.6. The predicted octanol–water partition coefficient (Wildman–Crippen LogP) is 6.83. The first kappa shape index (κ1) is 32.0. The molecule has 0 saturated carbocycles. The Hall–Kier alpha value is -2.49. The van der Waals surface area contributed by atoms with E-state index in [9.17, 15) is 18.0 Å². The minimum absolute atomic E-state index is 0.0106. The van der Waals surface area contributed by atoms with Crippen LogP contribution < -0.4 is 9.62 Å². The van der Waals surface area contributed by atoms with Crippen molar-refractivity contribution in [1.82, 2.24) is 10.2 Å². The summed E-state index contributed by atoms with van der Waals surface area (Å²) in [7, 11) is -4.24. The van der Waals surface area contributed by atoms with Crippen molar-refractivity contribution >= 4 is 73.9 Å². The van der Waals surface area contributed by atoms with E-state index in [1.54, 1.807) is 43.3 Å². The number of halogens is 4. The van der Waals surface area contributed by atoms with Crippen LogP contribution in [0.4, 0.5) is 5.69 Å². The van der Waals surface area contributed by atoms with Crippen LogP contribution in [-0.2, 0) is 26.2 Å². The van der Waals surface area contributed by atoms with Gasteiger partial charge in [0.25, 0.3) is 10.0 Å². The molecule has 12 heteroatoms. The van der Waals surface area contributed by atoms with Gasteiger partial charge in [-0.1, -0.05) is 84.5 Å². The van der Waals surface area contributed by atoms with Crippen LogP contribution in [-0.4, -0.2) is 44.3 Å². The van der Waals surface area contributed by atoms with E-state index in [2.05, 4.69) is 5.32 Å². The fraction of sp³-hybridized carbons (Fsp3) is 0.286. The number of hydrogen-bond acceptors (Lipinski definition) is 4. The second kappa shape index (κ2) is 14.4. The Balaban J connectivity index is 2.08. The van der Waals surface area contributed by atoms with E-state index in [0.717, 1.165) is 4.31 Å². The summed E-state index contributed by atoms with van der Waals surface area (Å²) in [5, 5.41) is 3.86. The second-order valence-corrected chi connectivity index (χ2v) is 12.5. The molecule has 0 aliphatic carbocycles. The Morgan fingerprint density at radius 2 is 1.52 bits per heavy atom. The number of hydrogen-bond donors (Lipinski definition) is 1. The average Bonchev–Trinajstić information content (AvgIpc) is 2.92. The molecule has 0 aliphatic heterocycles. The highest BCUT2D eigenvalue weighted by molar-refractivity contribution is 7.92. The molecule has 0 fully saturated rings. The summed E-state index contributed by atoms with van der Waals surface area (Å²) in [6.45, 7) is 3.50. The van der Waals surface area contributed by atoms with Gasteiger partial charge in [-0.2, -0.15) is 0 Å². The zero-order valence-electron chi connectivity index (χ0n) is 21.9. The van der Waals surface area contributed by atoms with Crippen molar-refractivity contribution in [3.05, 3.63) is 92.4 Å². The van der Waals surface area contributed by atoms with Gasteiger partial charge in [0, 0.05) is 23.1 Å². The highest BCUT2D eigenvalue weighted by Crippen LogP contribution is 2.30. The lowest BCUT2D eigenvalue weighted by Crippen LogP contribution is -2.52. The van der Waals surface area contributed by atoms with Gasteiger partial charge in [-0.05, 0) is 60.9 Å². The van der Waals surface area contributed by atoms with Gasteiger partial charge in [0.05, 0.1) is 20.6 Å². The van der Waals surface area contributed by atoms with Crippen LogP contribution in [0, 0.1) is 0 Å². The Labute approximate surface area is 255 Å². The fourth-order valence-electron chi connectivity index (χ4n) is 4.05. The van der Waals surface area contributed by atoms with E-state index in [-0.39, 0.29) is 44.5 Å². The molecule has 40 heavy (non-hydrogen) atoms. The smallest absolute Gasteiger partial charge is 0.264 e. The maximum Gasteiger partial charge on any atom is 0.264 e. The number of nitrogens with one attached hydrogen (secondary N) is 1. The number of nitrogens with zero attached hydrogens (tertiary/aromatic N) is 2. The van der Waals surface area contributed by atoms with Crippen LogP contribution in [0.3, 0.4) is 0 Å². The molecular weight excluding hydrogens is 616 g/mol. The van der Waals surface area contributed by atoms with Crippen molar-refractivity contribution in [2.75, 3.05) is 17.4 Å². The third kappa shape index (κ3) is 8.04. The molecule has 0 bridgehead atoms. The topological polar surface area (TPSA) is 86.8 Å². The van der Waals surface area contributed by atoms with Crippen LogP contribution in [0.5, 0.6) is 0 Å². The first-order valence-electron chi connectivity index (χ1n) is 12.5. The average molecular weight is 645 g/mol. The van der Waals surface area contributed by atoms with E-state index >= 15 is 0 Å². The Bertz CT molecular complexity index is 1430. The number of carbonyl (C=O) groups excluding carboxylic acids is 2. The van der Waals surface area contributed by atoms with E-state index in [1.807, 2.05) is 6.92 Å². The maximum atomic E-state index is 14.0. The molecule has 3 rings (SSSR count). The normalized spacial score (nSPS) is 12.1. The second-order valence-electron chi connectivity index (χ2n) is 8.94. The maximum absolute atomic E-state index is 14.0. The lowest BCUT2D eigenvalue weighted by Gasteiger charge is -2.33. The van der Waals surface area contributed by atoms with Gasteiger partial charge < -0.3 is 10.2 Å². The molecule has 0 unspecified atom stereocenters. The largest absolute Gasteiger partial charge is 0.354 e. The van der Waals surface area contributed by atoms with Gasteiger partial charge in [0.15, 0.2) is 0 Å². The molecule has 214 valence electrons. The van der Waals surface area contributed by atoms with Gasteiger partial charge in [0.1, 0.15) is 12.6 Å². The van der Waals surface area contributed by atoms with Crippen molar-refractivity contribution in [1.29, 1.82) is 0 Å². The quantitative estimate of drug-likeness (QED) is 0.234. The summed E-state index contributed by atoms with van der Waals surface area (Å²) in [4.78, 5) is 28.5. The molecule has 0 aromatic heterocycles. The van der Waals surface area contributed by atoms with Crippen molar-refractivity contribution in [3.8, 4) is 0 Å². The van der Waals surface area contributed by atoms with Crippen LogP contribution in [0.1, 0.15) is 32.3 Å². The molecule has 0 heterocycles. The minimum atomic E-state index is -4.24. The van der Waals surface area contributed by atoms with Gasteiger partial charge in [-0.15, -0.1) is 0 Å². The van der Waals surface area contributed by atoms with Crippen LogP contribution >= 0.6 is 46.4 Å².